The summed E-state index contributed by atoms with van der Waals surface area (Å²) in [5.41, 5.74) is 1.27. The number of hydrogen-bond donors (Lipinski definition) is 1. The Kier molecular flexibility index (Phi) is 4.62. The zero-order valence-corrected chi connectivity index (χ0v) is 12.3. The molecule has 0 aromatic heterocycles. The molecule has 2 aliphatic carbocycles. The van der Waals surface area contributed by atoms with Crippen LogP contribution in [0.15, 0.2) is 24.3 Å². The molecule has 0 bridgehead atoms. The highest BCUT2D eigenvalue weighted by atomic mass is 16.5. The van der Waals surface area contributed by atoms with Crippen molar-refractivity contribution < 1.29 is 9.84 Å². The van der Waals surface area contributed by atoms with Gasteiger partial charge >= 0.3 is 0 Å². The van der Waals surface area contributed by atoms with Crippen LogP contribution < -0.4 is 4.74 Å². The van der Waals surface area contributed by atoms with E-state index in [1.807, 2.05) is 0 Å². The second-order valence-electron chi connectivity index (χ2n) is 6.41. The molecule has 0 aliphatic heterocycles. The fraction of sp³-hybridized carbons (Fsp3) is 0.667. The van der Waals surface area contributed by atoms with E-state index in [0.29, 0.717) is 12.0 Å². The molecule has 1 aromatic rings. The standard InChI is InChI=1S/C18H26O2/c19-18-9-5-4-8-17(18)14-10-12-16(13-11-14)20-15-6-2-1-3-7-15/h10-13,15,17-19H,1-9H2/t17-,18+/m1/s1. The molecule has 3 rings (SSSR count). The van der Waals surface area contributed by atoms with Gasteiger partial charge < -0.3 is 9.84 Å². The van der Waals surface area contributed by atoms with Gasteiger partial charge in [-0.05, 0) is 56.2 Å². The van der Waals surface area contributed by atoms with Crippen LogP contribution in [0.3, 0.4) is 0 Å². The van der Waals surface area contributed by atoms with Crippen molar-refractivity contribution in [1.29, 1.82) is 0 Å². The summed E-state index contributed by atoms with van der Waals surface area (Å²) >= 11 is 0. The Morgan fingerprint density at radius 2 is 1.45 bits per heavy atom. The Hall–Kier alpha value is -1.02. The summed E-state index contributed by atoms with van der Waals surface area (Å²) in [5.74, 6) is 1.32. The third-order valence-electron chi connectivity index (χ3n) is 4.89. The van der Waals surface area contributed by atoms with Crippen LogP contribution in [0.25, 0.3) is 0 Å². The molecule has 1 N–H and O–H groups in total. The first-order valence-corrected chi connectivity index (χ1v) is 8.27. The average Bonchev–Trinajstić information content (AvgIpc) is 2.50. The molecule has 0 spiro atoms. The molecule has 0 unspecified atom stereocenters. The molecule has 2 saturated carbocycles. The number of ether oxygens (including phenoxy) is 1. The van der Waals surface area contributed by atoms with Gasteiger partial charge in [0.25, 0.3) is 0 Å². The minimum atomic E-state index is -0.158. The average molecular weight is 274 g/mol. The summed E-state index contributed by atoms with van der Waals surface area (Å²) in [4.78, 5) is 0. The van der Waals surface area contributed by atoms with Gasteiger partial charge in [-0.1, -0.05) is 31.4 Å². The van der Waals surface area contributed by atoms with Crippen molar-refractivity contribution in [2.45, 2.75) is 75.9 Å². The number of aliphatic hydroxyl groups is 1. The number of rotatable bonds is 3. The number of aliphatic hydroxyl groups excluding tert-OH is 1. The highest BCUT2D eigenvalue weighted by Crippen LogP contribution is 2.34. The molecule has 2 fully saturated rings. The van der Waals surface area contributed by atoms with E-state index in [4.69, 9.17) is 4.74 Å². The second-order valence-corrected chi connectivity index (χ2v) is 6.41. The lowest BCUT2D eigenvalue weighted by molar-refractivity contribution is 0.106. The van der Waals surface area contributed by atoms with Gasteiger partial charge in [0.1, 0.15) is 5.75 Å². The number of benzene rings is 1. The molecule has 2 heteroatoms. The van der Waals surface area contributed by atoms with Gasteiger partial charge in [0, 0.05) is 5.92 Å². The van der Waals surface area contributed by atoms with Crippen LogP contribution in [-0.2, 0) is 0 Å². The molecular weight excluding hydrogens is 248 g/mol. The highest BCUT2D eigenvalue weighted by molar-refractivity contribution is 5.30. The lowest BCUT2D eigenvalue weighted by Gasteiger charge is -2.28. The lowest BCUT2D eigenvalue weighted by Crippen LogP contribution is -2.22. The van der Waals surface area contributed by atoms with Gasteiger partial charge in [0.15, 0.2) is 0 Å². The minimum absolute atomic E-state index is 0.158. The normalized spacial score (nSPS) is 28.2. The smallest absolute Gasteiger partial charge is 0.119 e. The van der Waals surface area contributed by atoms with Crippen LogP contribution in [0.1, 0.15) is 69.3 Å². The van der Waals surface area contributed by atoms with Crippen LogP contribution in [0.4, 0.5) is 0 Å². The molecular formula is C18H26O2. The molecule has 0 radical (unpaired) electrons. The van der Waals surface area contributed by atoms with Gasteiger partial charge in [-0.25, -0.2) is 0 Å². The van der Waals surface area contributed by atoms with Crippen molar-refractivity contribution in [2.24, 2.45) is 0 Å². The van der Waals surface area contributed by atoms with Crippen molar-refractivity contribution in [3.8, 4) is 5.75 Å². The minimum Gasteiger partial charge on any atom is -0.490 e. The Morgan fingerprint density at radius 3 is 2.15 bits per heavy atom. The summed E-state index contributed by atoms with van der Waals surface area (Å²) in [6.45, 7) is 0. The summed E-state index contributed by atoms with van der Waals surface area (Å²) in [5, 5.41) is 10.1. The molecule has 2 nitrogen and oxygen atoms in total. The van der Waals surface area contributed by atoms with Crippen LogP contribution in [-0.4, -0.2) is 17.3 Å². The Bertz CT molecular complexity index is 406. The third-order valence-corrected chi connectivity index (χ3v) is 4.89. The maximum atomic E-state index is 10.1. The predicted octanol–water partition coefficient (Wildman–Crippen LogP) is 4.42. The Morgan fingerprint density at radius 1 is 0.800 bits per heavy atom. The molecule has 2 atom stereocenters. The summed E-state index contributed by atoms with van der Waals surface area (Å²) in [6.07, 6.45) is 11.1. The van der Waals surface area contributed by atoms with Gasteiger partial charge in [-0.3, -0.25) is 0 Å². The molecule has 0 saturated heterocycles. The third kappa shape index (κ3) is 3.35. The van der Waals surface area contributed by atoms with E-state index in [1.54, 1.807) is 0 Å². The van der Waals surface area contributed by atoms with Crippen LogP contribution in [0.5, 0.6) is 5.75 Å². The molecule has 0 heterocycles. The molecule has 1 aromatic carbocycles. The molecule has 2 aliphatic rings. The molecule has 0 amide bonds. The van der Waals surface area contributed by atoms with Gasteiger partial charge in [0.2, 0.25) is 0 Å². The van der Waals surface area contributed by atoms with E-state index in [-0.39, 0.29) is 6.10 Å². The van der Waals surface area contributed by atoms with Crippen molar-refractivity contribution in [3.05, 3.63) is 29.8 Å². The van der Waals surface area contributed by atoms with Crippen molar-refractivity contribution in [1.82, 2.24) is 0 Å². The first kappa shape index (κ1) is 13.9. The van der Waals surface area contributed by atoms with Crippen LogP contribution in [0, 0.1) is 0 Å². The maximum Gasteiger partial charge on any atom is 0.119 e. The van der Waals surface area contributed by atoms with E-state index in [9.17, 15) is 5.11 Å². The monoisotopic (exact) mass is 274 g/mol. The summed E-state index contributed by atoms with van der Waals surface area (Å²) in [6, 6.07) is 8.48. The Balaban J connectivity index is 1.61. The molecule has 110 valence electrons. The van der Waals surface area contributed by atoms with E-state index < -0.39 is 0 Å². The highest BCUT2D eigenvalue weighted by Gasteiger charge is 2.24. The first-order valence-electron chi connectivity index (χ1n) is 8.27. The zero-order chi connectivity index (χ0) is 13.8. The van der Waals surface area contributed by atoms with E-state index in [2.05, 4.69) is 24.3 Å². The second kappa shape index (κ2) is 6.62. The Labute approximate surface area is 122 Å². The quantitative estimate of drug-likeness (QED) is 0.884. The van der Waals surface area contributed by atoms with Crippen molar-refractivity contribution >= 4 is 0 Å². The van der Waals surface area contributed by atoms with Crippen molar-refractivity contribution in [3.63, 3.8) is 0 Å². The fourth-order valence-corrected chi connectivity index (χ4v) is 3.67. The van der Waals surface area contributed by atoms with Crippen LogP contribution in [0.2, 0.25) is 0 Å². The predicted molar refractivity (Wildman–Crippen MR) is 81.2 cm³/mol. The van der Waals surface area contributed by atoms with E-state index >= 15 is 0 Å². The number of hydrogen-bond acceptors (Lipinski definition) is 2. The zero-order valence-electron chi connectivity index (χ0n) is 12.3. The SMILES string of the molecule is O[C@H]1CCCC[C@@H]1c1ccc(OC2CCCCC2)cc1. The summed E-state index contributed by atoms with van der Waals surface area (Å²) in [7, 11) is 0. The lowest BCUT2D eigenvalue weighted by atomic mass is 9.82. The largest absolute Gasteiger partial charge is 0.490 e. The first-order chi connectivity index (χ1) is 9.83. The topological polar surface area (TPSA) is 29.5 Å². The summed E-state index contributed by atoms with van der Waals surface area (Å²) < 4.78 is 6.06. The van der Waals surface area contributed by atoms with E-state index in [0.717, 1.165) is 18.6 Å². The van der Waals surface area contributed by atoms with Crippen molar-refractivity contribution in [2.75, 3.05) is 0 Å². The van der Waals surface area contributed by atoms with E-state index in [1.165, 1.54) is 50.5 Å². The maximum absolute atomic E-state index is 10.1. The van der Waals surface area contributed by atoms with Gasteiger partial charge in [-0.2, -0.15) is 0 Å². The fourth-order valence-electron chi connectivity index (χ4n) is 3.67. The van der Waals surface area contributed by atoms with Gasteiger partial charge in [0.05, 0.1) is 12.2 Å². The van der Waals surface area contributed by atoms with Crippen LogP contribution >= 0.6 is 0 Å². The molecule has 20 heavy (non-hydrogen) atoms. The van der Waals surface area contributed by atoms with Gasteiger partial charge in [-0.15, -0.1) is 0 Å².